The molecule has 0 saturated carbocycles. The number of nitrogens with zero attached hydrogens (tertiary/aromatic N) is 6. The number of ether oxygens (including phenoxy) is 2. The van der Waals surface area contributed by atoms with Gasteiger partial charge in [0.15, 0.2) is 5.82 Å². The number of hydrogen-bond acceptors (Lipinski definition) is 7. The first-order chi connectivity index (χ1) is 12.0. The Bertz CT molecular complexity index is 743. The molecule has 1 atom stereocenters. The highest BCUT2D eigenvalue weighted by Gasteiger charge is 2.31. The number of carbonyl (C=O) groups is 1. The monoisotopic (exact) mass is 346 g/mol. The average molecular weight is 346 g/mol. The smallest absolute Gasteiger partial charge is 0.261 e. The molecule has 2 aromatic rings. The lowest BCUT2D eigenvalue weighted by Gasteiger charge is -2.17. The maximum absolute atomic E-state index is 12.7. The van der Waals surface area contributed by atoms with Gasteiger partial charge >= 0.3 is 0 Å². The Labute approximate surface area is 146 Å². The van der Waals surface area contributed by atoms with Gasteiger partial charge in [0, 0.05) is 46.4 Å². The van der Waals surface area contributed by atoms with E-state index in [0.717, 1.165) is 12.2 Å². The molecule has 0 bridgehead atoms. The normalized spacial score (nSPS) is 16.8. The van der Waals surface area contributed by atoms with Crippen LogP contribution in [-0.4, -0.2) is 71.2 Å². The second kappa shape index (κ2) is 6.96. The number of anilines is 1. The Balaban J connectivity index is 1.62. The zero-order valence-corrected chi connectivity index (χ0v) is 14.8. The first-order valence-corrected chi connectivity index (χ1v) is 8.02. The summed E-state index contributed by atoms with van der Waals surface area (Å²) in [6, 6.07) is 3.64. The number of aryl methyl sites for hydroxylation is 1. The molecule has 1 amide bonds. The second-order valence-electron chi connectivity index (χ2n) is 6.13. The van der Waals surface area contributed by atoms with Crippen LogP contribution in [0.5, 0.6) is 11.8 Å². The summed E-state index contributed by atoms with van der Waals surface area (Å²) in [7, 11) is 7.06. The molecule has 0 N–H and O–H groups in total. The van der Waals surface area contributed by atoms with Gasteiger partial charge in [0.2, 0.25) is 11.8 Å². The molecule has 0 aliphatic carbocycles. The Morgan fingerprint density at radius 1 is 1.32 bits per heavy atom. The molecule has 1 fully saturated rings. The van der Waals surface area contributed by atoms with Crippen molar-refractivity contribution < 1.29 is 14.3 Å². The lowest BCUT2D eigenvalue weighted by Crippen LogP contribution is -2.31. The van der Waals surface area contributed by atoms with E-state index >= 15 is 0 Å². The number of aromatic nitrogens is 4. The average Bonchev–Trinajstić information content (AvgIpc) is 3.21. The molecule has 1 aliphatic heterocycles. The predicted molar refractivity (Wildman–Crippen MR) is 91.1 cm³/mol. The lowest BCUT2D eigenvalue weighted by atomic mass is 10.3. The van der Waals surface area contributed by atoms with Crippen LogP contribution in [0.3, 0.4) is 0 Å². The third-order valence-corrected chi connectivity index (χ3v) is 4.02. The number of amides is 1. The summed E-state index contributed by atoms with van der Waals surface area (Å²) in [4.78, 5) is 16.3. The van der Waals surface area contributed by atoms with Crippen molar-refractivity contribution in [3.05, 3.63) is 23.9 Å². The molecule has 134 valence electrons. The van der Waals surface area contributed by atoms with E-state index in [0.29, 0.717) is 30.4 Å². The number of rotatable bonds is 5. The van der Waals surface area contributed by atoms with Gasteiger partial charge in [-0.05, 0) is 6.07 Å². The van der Waals surface area contributed by atoms with Crippen molar-refractivity contribution in [2.24, 2.45) is 7.05 Å². The molecule has 3 rings (SSSR count). The zero-order valence-electron chi connectivity index (χ0n) is 14.8. The quantitative estimate of drug-likeness (QED) is 0.783. The van der Waals surface area contributed by atoms with Crippen LogP contribution in [-0.2, 0) is 7.05 Å². The molecule has 1 aliphatic rings. The first kappa shape index (κ1) is 17.0. The van der Waals surface area contributed by atoms with Crippen LogP contribution in [0.25, 0.3) is 0 Å². The van der Waals surface area contributed by atoms with E-state index in [1.807, 2.05) is 25.1 Å². The fraction of sp³-hybridized carbons (Fsp3) is 0.500. The van der Waals surface area contributed by atoms with Gasteiger partial charge in [-0.2, -0.15) is 0 Å². The number of likely N-dealkylation sites (tertiary alicyclic amines) is 1. The fourth-order valence-electron chi connectivity index (χ4n) is 2.73. The van der Waals surface area contributed by atoms with Gasteiger partial charge in [-0.25, -0.2) is 0 Å². The van der Waals surface area contributed by atoms with E-state index in [2.05, 4.69) is 15.3 Å². The van der Waals surface area contributed by atoms with Gasteiger partial charge in [0.05, 0.1) is 13.7 Å². The molecule has 0 aromatic carbocycles. The minimum absolute atomic E-state index is 0.105. The standard InChI is InChI=1S/C16H22N6O3/c1-20(2)13-5-6-14(18-17-13)25-11-7-8-22(9-11)16(23)12-10-21(3)19-15(12)24-4/h5-6,10-11H,7-9H2,1-4H3/t11-/m1/s1. The summed E-state index contributed by atoms with van der Waals surface area (Å²) in [5.74, 6) is 1.45. The number of carbonyl (C=O) groups excluding carboxylic acids is 1. The van der Waals surface area contributed by atoms with Crippen molar-refractivity contribution in [1.82, 2.24) is 24.9 Å². The summed E-state index contributed by atoms with van der Waals surface area (Å²) in [5.41, 5.74) is 0.459. The predicted octanol–water partition coefficient (Wildman–Crippen LogP) is 0.578. The minimum Gasteiger partial charge on any atom is -0.479 e. The molecular formula is C16H22N6O3. The van der Waals surface area contributed by atoms with Crippen molar-refractivity contribution in [2.75, 3.05) is 39.2 Å². The summed E-state index contributed by atoms with van der Waals surface area (Å²) >= 11 is 0. The summed E-state index contributed by atoms with van der Waals surface area (Å²) in [6.07, 6.45) is 2.30. The molecule has 9 heteroatoms. The van der Waals surface area contributed by atoms with Crippen molar-refractivity contribution in [2.45, 2.75) is 12.5 Å². The van der Waals surface area contributed by atoms with E-state index in [1.54, 1.807) is 28.9 Å². The third kappa shape index (κ3) is 3.65. The third-order valence-electron chi connectivity index (χ3n) is 4.02. The van der Waals surface area contributed by atoms with Crippen molar-refractivity contribution in [1.29, 1.82) is 0 Å². The lowest BCUT2D eigenvalue weighted by molar-refractivity contribution is 0.0767. The van der Waals surface area contributed by atoms with E-state index < -0.39 is 0 Å². The Morgan fingerprint density at radius 3 is 2.76 bits per heavy atom. The summed E-state index contributed by atoms with van der Waals surface area (Å²) < 4.78 is 12.6. The largest absolute Gasteiger partial charge is 0.479 e. The Kier molecular flexibility index (Phi) is 4.73. The highest BCUT2D eigenvalue weighted by molar-refractivity contribution is 5.96. The van der Waals surface area contributed by atoms with Crippen LogP contribution in [0.2, 0.25) is 0 Å². The van der Waals surface area contributed by atoms with Crippen LogP contribution in [0, 0.1) is 0 Å². The van der Waals surface area contributed by atoms with Gasteiger partial charge in [0.1, 0.15) is 11.7 Å². The maximum Gasteiger partial charge on any atom is 0.261 e. The van der Waals surface area contributed by atoms with E-state index in [9.17, 15) is 4.79 Å². The molecule has 3 heterocycles. The van der Waals surface area contributed by atoms with E-state index in [1.165, 1.54) is 7.11 Å². The van der Waals surface area contributed by atoms with E-state index in [-0.39, 0.29) is 12.0 Å². The van der Waals surface area contributed by atoms with Crippen LogP contribution in [0.4, 0.5) is 5.82 Å². The van der Waals surface area contributed by atoms with Crippen LogP contribution in [0.15, 0.2) is 18.3 Å². The second-order valence-corrected chi connectivity index (χ2v) is 6.13. The topological polar surface area (TPSA) is 85.6 Å². The minimum atomic E-state index is -0.106. The van der Waals surface area contributed by atoms with Gasteiger partial charge in [-0.3, -0.25) is 9.48 Å². The van der Waals surface area contributed by atoms with Gasteiger partial charge < -0.3 is 19.3 Å². The van der Waals surface area contributed by atoms with Crippen LogP contribution in [0.1, 0.15) is 16.8 Å². The zero-order chi connectivity index (χ0) is 18.0. The highest BCUT2D eigenvalue weighted by Crippen LogP contribution is 2.22. The fourth-order valence-corrected chi connectivity index (χ4v) is 2.73. The molecule has 2 aromatic heterocycles. The number of hydrogen-bond donors (Lipinski definition) is 0. The Hall–Kier alpha value is -2.84. The maximum atomic E-state index is 12.7. The van der Waals surface area contributed by atoms with Gasteiger partial charge in [0.25, 0.3) is 5.91 Å². The summed E-state index contributed by atoms with van der Waals surface area (Å²) in [6.45, 7) is 1.11. The highest BCUT2D eigenvalue weighted by atomic mass is 16.5. The number of methoxy groups -OCH3 is 1. The first-order valence-electron chi connectivity index (χ1n) is 8.02. The molecule has 1 saturated heterocycles. The molecular weight excluding hydrogens is 324 g/mol. The van der Waals surface area contributed by atoms with Gasteiger partial charge in [-0.1, -0.05) is 0 Å². The van der Waals surface area contributed by atoms with Crippen molar-refractivity contribution in [3.63, 3.8) is 0 Å². The van der Waals surface area contributed by atoms with Crippen LogP contribution < -0.4 is 14.4 Å². The Morgan fingerprint density at radius 2 is 2.12 bits per heavy atom. The molecule has 9 nitrogen and oxygen atoms in total. The van der Waals surface area contributed by atoms with Crippen LogP contribution >= 0.6 is 0 Å². The molecule has 0 radical (unpaired) electrons. The van der Waals surface area contributed by atoms with Gasteiger partial charge in [-0.15, -0.1) is 15.3 Å². The van der Waals surface area contributed by atoms with Crippen molar-refractivity contribution in [3.8, 4) is 11.8 Å². The summed E-state index contributed by atoms with van der Waals surface area (Å²) in [5, 5.41) is 12.3. The van der Waals surface area contributed by atoms with E-state index in [4.69, 9.17) is 9.47 Å². The molecule has 0 unspecified atom stereocenters. The SMILES string of the molecule is COc1nn(C)cc1C(=O)N1CC[C@@H](Oc2ccc(N(C)C)nn2)C1. The molecule has 25 heavy (non-hydrogen) atoms. The van der Waals surface area contributed by atoms with Crippen molar-refractivity contribution >= 4 is 11.7 Å². The molecule has 0 spiro atoms.